The molecule has 0 spiro atoms. The van der Waals surface area contributed by atoms with Gasteiger partial charge in [-0.3, -0.25) is 14.4 Å². The molecule has 1 aliphatic carbocycles. The minimum atomic E-state index is -0.372. The molecule has 7 heteroatoms. The van der Waals surface area contributed by atoms with Crippen molar-refractivity contribution in [1.82, 2.24) is 10.2 Å². The van der Waals surface area contributed by atoms with Crippen molar-refractivity contribution in [2.45, 2.75) is 38.6 Å². The largest absolute Gasteiger partial charge is 0.349 e. The van der Waals surface area contributed by atoms with E-state index < -0.39 is 0 Å². The number of halogens is 1. The summed E-state index contributed by atoms with van der Waals surface area (Å²) in [6, 6.07) is 12.9. The Morgan fingerprint density at radius 2 is 1.47 bits per heavy atom. The van der Waals surface area contributed by atoms with Gasteiger partial charge in [0.1, 0.15) is 5.82 Å². The molecule has 0 radical (unpaired) electrons. The summed E-state index contributed by atoms with van der Waals surface area (Å²) in [4.78, 5) is 38.9. The zero-order valence-corrected chi connectivity index (χ0v) is 18.1. The van der Waals surface area contributed by atoms with Crippen molar-refractivity contribution in [3.05, 3.63) is 65.5 Å². The molecule has 4 rings (SSSR count). The van der Waals surface area contributed by atoms with Gasteiger partial charge in [-0.25, -0.2) is 4.39 Å². The highest BCUT2D eigenvalue weighted by Gasteiger charge is 2.30. The molecule has 2 fully saturated rings. The van der Waals surface area contributed by atoms with E-state index in [4.69, 9.17) is 0 Å². The molecular formula is C25H28FN3O3. The van der Waals surface area contributed by atoms with E-state index in [-0.39, 0.29) is 41.4 Å². The lowest BCUT2D eigenvalue weighted by molar-refractivity contribution is -0.127. The van der Waals surface area contributed by atoms with Gasteiger partial charge < -0.3 is 15.5 Å². The summed E-state index contributed by atoms with van der Waals surface area (Å²) >= 11 is 0. The Kier molecular flexibility index (Phi) is 6.53. The molecule has 2 aliphatic rings. The van der Waals surface area contributed by atoms with E-state index in [1.165, 1.54) is 24.3 Å². The number of anilines is 1. The third kappa shape index (κ3) is 5.33. The number of benzene rings is 2. The monoisotopic (exact) mass is 437 g/mol. The Balaban J connectivity index is 1.25. The van der Waals surface area contributed by atoms with E-state index in [9.17, 15) is 18.8 Å². The van der Waals surface area contributed by atoms with Crippen molar-refractivity contribution in [3.8, 4) is 0 Å². The van der Waals surface area contributed by atoms with Crippen molar-refractivity contribution in [2.75, 3.05) is 18.4 Å². The molecular weight excluding hydrogens is 409 g/mol. The highest BCUT2D eigenvalue weighted by molar-refractivity contribution is 5.94. The van der Waals surface area contributed by atoms with Crippen LogP contribution in [0.3, 0.4) is 0 Å². The third-order valence-corrected chi connectivity index (χ3v) is 6.23. The summed E-state index contributed by atoms with van der Waals surface area (Å²) in [5.74, 6) is -0.437. The number of hydrogen-bond acceptors (Lipinski definition) is 3. The topological polar surface area (TPSA) is 78.5 Å². The van der Waals surface area contributed by atoms with Crippen LogP contribution in [0.5, 0.6) is 0 Å². The highest BCUT2D eigenvalue weighted by atomic mass is 19.1. The second-order valence-corrected chi connectivity index (χ2v) is 8.69. The number of amides is 3. The van der Waals surface area contributed by atoms with Crippen molar-refractivity contribution in [1.29, 1.82) is 0 Å². The Labute approximate surface area is 187 Å². The molecule has 1 saturated carbocycles. The number of likely N-dealkylation sites (tertiary alicyclic amines) is 1. The van der Waals surface area contributed by atoms with Crippen molar-refractivity contribution in [3.63, 3.8) is 0 Å². The van der Waals surface area contributed by atoms with Crippen molar-refractivity contribution < 1.29 is 18.8 Å². The third-order valence-electron chi connectivity index (χ3n) is 6.23. The van der Waals surface area contributed by atoms with E-state index >= 15 is 0 Å². The average molecular weight is 438 g/mol. The Hall–Kier alpha value is -3.22. The molecule has 3 amide bonds. The van der Waals surface area contributed by atoms with Gasteiger partial charge in [0, 0.05) is 36.2 Å². The van der Waals surface area contributed by atoms with Crippen LogP contribution in [0, 0.1) is 17.7 Å². The number of piperidine rings is 1. The molecule has 2 aromatic carbocycles. The predicted molar refractivity (Wildman–Crippen MR) is 119 cm³/mol. The van der Waals surface area contributed by atoms with Crippen LogP contribution in [0.15, 0.2) is 48.5 Å². The van der Waals surface area contributed by atoms with Gasteiger partial charge in [0.05, 0.1) is 6.04 Å². The van der Waals surface area contributed by atoms with Crippen LogP contribution in [0.1, 0.15) is 54.6 Å². The molecule has 32 heavy (non-hydrogen) atoms. The molecule has 1 aliphatic heterocycles. The van der Waals surface area contributed by atoms with Crippen LogP contribution in [0.2, 0.25) is 0 Å². The van der Waals surface area contributed by atoms with Gasteiger partial charge in [-0.05, 0) is 74.6 Å². The van der Waals surface area contributed by atoms with Crippen LogP contribution < -0.4 is 10.6 Å². The second kappa shape index (κ2) is 9.51. The summed E-state index contributed by atoms with van der Waals surface area (Å²) < 4.78 is 13.1. The smallest absolute Gasteiger partial charge is 0.253 e. The summed E-state index contributed by atoms with van der Waals surface area (Å²) in [5, 5.41) is 5.98. The van der Waals surface area contributed by atoms with Gasteiger partial charge in [-0.1, -0.05) is 12.1 Å². The molecule has 1 atom stereocenters. The van der Waals surface area contributed by atoms with Crippen molar-refractivity contribution in [2.24, 2.45) is 11.8 Å². The molecule has 0 aromatic heterocycles. The molecule has 168 valence electrons. The number of nitrogens with one attached hydrogen (secondary N) is 2. The van der Waals surface area contributed by atoms with Gasteiger partial charge in [0.2, 0.25) is 11.8 Å². The summed E-state index contributed by atoms with van der Waals surface area (Å²) in [5.41, 5.74) is 2.19. The van der Waals surface area contributed by atoms with Crippen LogP contribution in [0.25, 0.3) is 0 Å². The summed E-state index contributed by atoms with van der Waals surface area (Å²) in [6.45, 7) is 2.93. The number of carbonyl (C=O) groups is 3. The molecule has 1 unspecified atom stereocenters. The van der Waals surface area contributed by atoms with Crippen LogP contribution in [-0.4, -0.2) is 35.7 Å². The first kappa shape index (κ1) is 22.0. The van der Waals surface area contributed by atoms with Crippen molar-refractivity contribution >= 4 is 23.4 Å². The van der Waals surface area contributed by atoms with Gasteiger partial charge in [0.25, 0.3) is 5.91 Å². The fourth-order valence-corrected chi connectivity index (χ4v) is 3.98. The molecule has 6 nitrogen and oxygen atoms in total. The minimum Gasteiger partial charge on any atom is -0.349 e. The van der Waals surface area contributed by atoms with Crippen LogP contribution in [0.4, 0.5) is 10.1 Å². The van der Waals surface area contributed by atoms with E-state index in [0.717, 1.165) is 24.1 Å². The average Bonchev–Trinajstić information content (AvgIpc) is 3.65. The molecule has 0 bridgehead atoms. The van der Waals surface area contributed by atoms with Gasteiger partial charge in [-0.15, -0.1) is 0 Å². The molecule has 2 N–H and O–H groups in total. The Morgan fingerprint density at radius 3 is 2.06 bits per heavy atom. The van der Waals surface area contributed by atoms with E-state index in [0.29, 0.717) is 31.5 Å². The molecule has 1 heterocycles. The van der Waals surface area contributed by atoms with Gasteiger partial charge >= 0.3 is 0 Å². The maximum atomic E-state index is 13.1. The van der Waals surface area contributed by atoms with Crippen LogP contribution in [-0.2, 0) is 9.59 Å². The lowest BCUT2D eigenvalue weighted by atomic mass is 9.94. The lowest BCUT2D eigenvalue weighted by Crippen LogP contribution is -2.43. The number of nitrogens with zero attached hydrogens (tertiary/aromatic N) is 1. The van der Waals surface area contributed by atoms with E-state index in [2.05, 4.69) is 10.6 Å². The number of hydrogen-bond donors (Lipinski definition) is 2. The van der Waals surface area contributed by atoms with Gasteiger partial charge in [0.15, 0.2) is 0 Å². The van der Waals surface area contributed by atoms with E-state index in [1.54, 1.807) is 4.90 Å². The Bertz CT molecular complexity index is 978. The molecule has 1 saturated heterocycles. The normalized spacial score (nSPS) is 17.5. The lowest BCUT2D eigenvalue weighted by Gasteiger charge is -2.32. The highest BCUT2D eigenvalue weighted by Crippen LogP contribution is 2.30. The minimum absolute atomic E-state index is 0.0162. The fourth-order valence-electron chi connectivity index (χ4n) is 3.98. The molecule has 2 aromatic rings. The SMILES string of the molecule is CC(NC(=O)C1CCN(C(=O)c2ccc(F)cc2)CC1)c1ccc(NC(=O)C2CC2)cc1. The standard InChI is InChI=1S/C25H28FN3O3/c1-16(17-6-10-22(11-7-17)28-24(31)18-2-3-18)27-23(30)19-12-14-29(15-13-19)25(32)20-4-8-21(26)9-5-20/h4-11,16,18-19H,2-3,12-15H2,1H3,(H,27,30)(H,28,31). The number of carbonyl (C=O) groups excluding carboxylic acids is 3. The first-order chi connectivity index (χ1) is 15.4. The van der Waals surface area contributed by atoms with E-state index in [1.807, 2.05) is 31.2 Å². The first-order valence-electron chi connectivity index (χ1n) is 11.2. The maximum absolute atomic E-state index is 13.1. The van der Waals surface area contributed by atoms with Gasteiger partial charge in [-0.2, -0.15) is 0 Å². The zero-order chi connectivity index (χ0) is 22.7. The zero-order valence-electron chi connectivity index (χ0n) is 18.1. The summed E-state index contributed by atoms with van der Waals surface area (Å²) in [6.07, 6.45) is 3.12. The maximum Gasteiger partial charge on any atom is 0.253 e. The fraction of sp³-hybridized carbons (Fsp3) is 0.400. The number of rotatable bonds is 6. The van der Waals surface area contributed by atoms with Crippen LogP contribution >= 0.6 is 0 Å². The second-order valence-electron chi connectivity index (χ2n) is 8.69. The Morgan fingerprint density at radius 1 is 0.875 bits per heavy atom. The predicted octanol–water partition coefficient (Wildman–Crippen LogP) is 3.90. The quantitative estimate of drug-likeness (QED) is 0.719. The summed E-state index contributed by atoms with van der Waals surface area (Å²) in [7, 11) is 0. The first-order valence-corrected chi connectivity index (χ1v) is 11.2.